The van der Waals surface area contributed by atoms with Crippen molar-refractivity contribution in [3.8, 4) is 5.75 Å². The van der Waals surface area contributed by atoms with Crippen molar-refractivity contribution in [3.63, 3.8) is 0 Å². The Hall–Kier alpha value is -1.02. The van der Waals surface area contributed by atoms with Gasteiger partial charge in [0, 0.05) is 0 Å². The summed E-state index contributed by atoms with van der Waals surface area (Å²) < 4.78 is 5.50. The molecule has 20 heavy (non-hydrogen) atoms. The summed E-state index contributed by atoms with van der Waals surface area (Å²) in [5, 5.41) is 2.93. The second-order valence-electron chi connectivity index (χ2n) is 3.72. The molecule has 0 saturated heterocycles. The molecule has 0 aliphatic rings. The number of benzene rings is 1. The molecular weight excluding hydrogens is 246 g/mol. The van der Waals surface area contributed by atoms with Gasteiger partial charge in [-0.1, -0.05) is 65.7 Å². The minimum atomic E-state index is 0.833. The first-order valence-corrected chi connectivity index (χ1v) is 8.08. The molecule has 0 heterocycles. The summed E-state index contributed by atoms with van der Waals surface area (Å²) in [6.45, 7) is 16.2. The Kier molecular flexibility index (Phi) is 27.8. The van der Waals surface area contributed by atoms with Crippen LogP contribution in [0, 0.1) is 6.92 Å². The molecule has 0 atom stereocenters. The Bertz CT molecular complexity index is 242. The molecule has 1 N–H and O–H groups in total. The highest BCUT2D eigenvalue weighted by Crippen LogP contribution is 2.11. The molecule has 0 bridgehead atoms. The van der Waals surface area contributed by atoms with Crippen molar-refractivity contribution in [2.45, 2.75) is 61.3 Å². The van der Waals surface area contributed by atoms with E-state index in [1.165, 1.54) is 12.0 Å². The molecule has 0 radical (unpaired) electrons. The zero-order valence-corrected chi connectivity index (χ0v) is 15.0. The number of nitrogens with one attached hydrogen (secondary N) is 1. The smallest absolute Gasteiger partial charge is 0.119 e. The highest BCUT2D eigenvalue weighted by Gasteiger charge is 1.90. The first-order valence-electron chi connectivity index (χ1n) is 8.08. The third-order valence-electron chi connectivity index (χ3n) is 2.14. The third-order valence-corrected chi connectivity index (χ3v) is 2.14. The summed E-state index contributed by atoms with van der Waals surface area (Å²) >= 11 is 0. The van der Waals surface area contributed by atoms with Gasteiger partial charge in [0.05, 0.1) is 6.61 Å². The van der Waals surface area contributed by atoms with Gasteiger partial charge in [0.25, 0.3) is 0 Å². The summed E-state index contributed by atoms with van der Waals surface area (Å²) in [5.41, 5.74) is 1.28. The van der Waals surface area contributed by atoms with E-state index in [1.807, 2.05) is 46.9 Å². The number of hydrogen-bond donors (Lipinski definition) is 1. The van der Waals surface area contributed by atoms with Gasteiger partial charge in [-0.15, -0.1) is 0 Å². The van der Waals surface area contributed by atoms with Gasteiger partial charge in [-0.2, -0.15) is 0 Å². The first kappa shape index (κ1) is 24.0. The standard InChI is InChI=1S/C11H16O.C3H9N.2C2H6/c1-3-4-9-12-11-7-5-10(2)6-8-11;1-3-4-2;2*1-2/h5-8H,3-4,9H2,1-2H3;4H,3H2,1-2H3;2*1-2H3. The number of ether oxygens (including phenoxy) is 1. The van der Waals surface area contributed by atoms with E-state index in [9.17, 15) is 0 Å². The quantitative estimate of drug-likeness (QED) is 0.725. The van der Waals surface area contributed by atoms with Crippen molar-refractivity contribution in [1.29, 1.82) is 0 Å². The molecule has 120 valence electrons. The summed E-state index contributed by atoms with van der Waals surface area (Å²) in [5.74, 6) is 0.981. The Labute approximate surface area is 127 Å². The summed E-state index contributed by atoms with van der Waals surface area (Å²) in [4.78, 5) is 0. The summed E-state index contributed by atoms with van der Waals surface area (Å²) in [6.07, 6.45) is 2.32. The van der Waals surface area contributed by atoms with Gasteiger partial charge >= 0.3 is 0 Å². The lowest BCUT2D eigenvalue weighted by molar-refractivity contribution is 0.309. The maximum absolute atomic E-state index is 5.50. The van der Waals surface area contributed by atoms with Gasteiger partial charge in [-0.05, 0) is 39.1 Å². The van der Waals surface area contributed by atoms with E-state index in [4.69, 9.17) is 4.74 Å². The van der Waals surface area contributed by atoms with Crippen molar-refractivity contribution in [1.82, 2.24) is 5.32 Å². The van der Waals surface area contributed by atoms with Crippen LogP contribution < -0.4 is 10.1 Å². The predicted molar refractivity (Wildman–Crippen MR) is 93.9 cm³/mol. The highest BCUT2D eigenvalue weighted by atomic mass is 16.5. The van der Waals surface area contributed by atoms with Crippen LogP contribution >= 0.6 is 0 Å². The number of rotatable bonds is 5. The average molecular weight is 284 g/mol. The minimum Gasteiger partial charge on any atom is -0.494 e. The number of aryl methyl sites for hydroxylation is 1. The Morgan fingerprint density at radius 2 is 1.40 bits per heavy atom. The van der Waals surface area contributed by atoms with Gasteiger partial charge < -0.3 is 10.1 Å². The molecule has 0 amide bonds. The Morgan fingerprint density at radius 1 is 0.950 bits per heavy atom. The van der Waals surface area contributed by atoms with Crippen LogP contribution in [0.3, 0.4) is 0 Å². The third kappa shape index (κ3) is 19.3. The highest BCUT2D eigenvalue weighted by molar-refractivity contribution is 5.26. The molecule has 0 aliphatic heterocycles. The molecule has 0 spiro atoms. The van der Waals surface area contributed by atoms with Crippen LogP contribution in [-0.2, 0) is 0 Å². The zero-order valence-electron chi connectivity index (χ0n) is 15.0. The molecule has 1 rings (SSSR count). The fourth-order valence-electron chi connectivity index (χ4n) is 0.969. The van der Waals surface area contributed by atoms with Crippen LogP contribution in [0.1, 0.15) is 59.9 Å². The van der Waals surface area contributed by atoms with Crippen LogP contribution in [0.15, 0.2) is 24.3 Å². The van der Waals surface area contributed by atoms with Gasteiger partial charge in [0.15, 0.2) is 0 Å². The number of unbranched alkanes of at least 4 members (excludes halogenated alkanes) is 1. The summed E-state index contributed by atoms with van der Waals surface area (Å²) in [6, 6.07) is 8.18. The Balaban J connectivity index is -0.000000306. The molecule has 0 aliphatic carbocycles. The predicted octanol–water partition coefficient (Wildman–Crippen LogP) is 5.45. The van der Waals surface area contributed by atoms with Gasteiger partial charge in [-0.3, -0.25) is 0 Å². The molecule has 0 unspecified atom stereocenters. The molecule has 0 saturated carbocycles. The average Bonchev–Trinajstić information content (AvgIpc) is 2.54. The van der Waals surface area contributed by atoms with E-state index in [0.29, 0.717) is 0 Å². The normalized spacial score (nSPS) is 8.00. The fraction of sp³-hybridized carbons (Fsp3) is 0.667. The lowest BCUT2D eigenvalue weighted by Gasteiger charge is -2.04. The molecule has 0 aromatic heterocycles. The lowest BCUT2D eigenvalue weighted by atomic mass is 10.2. The van der Waals surface area contributed by atoms with Crippen LogP contribution in [-0.4, -0.2) is 20.2 Å². The van der Waals surface area contributed by atoms with Crippen LogP contribution in [0.2, 0.25) is 0 Å². The number of hydrogen-bond acceptors (Lipinski definition) is 2. The molecule has 0 fully saturated rings. The molecule has 1 aromatic rings. The molecular formula is C18H37NO. The fourth-order valence-corrected chi connectivity index (χ4v) is 0.969. The van der Waals surface area contributed by atoms with E-state index in [0.717, 1.165) is 25.3 Å². The maximum Gasteiger partial charge on any atom is 0.119 e. The van der Waals surface area contributed by atoms with E-state index < -0.39 is 0 Å². The van der Waals surface area contributed by atoms with Crippen molar-refractivity contribution in [3.05, 3.63) is 29.8 Å². The molecule has 2 nitrogen and oxygen atoms in total. The van der Waals surface area contributed by atoms with E-state index in [2.05, 4.69) is 38.2 Å². The second-order valence-corrected chi connectivity index (χ2v) is 3.72. The van der Waals surface area contributed by atoms with E-state index >= 15 is 0 Å². The van der Waals surface area contributed by atoms with E-state index in [-0.39, 0.29) is 0 Å². The Morgan fingerprint density at radius 3 is 1.75 bits per heavy atom. The van der Waals surface area contributed by atoms with Crippen LogP contribution in [0.4, 0.5) is 0 Å². The first-order chi connectivity index (χ1) is 9.74. The lowest BCUT2D eigenvalue weighted by Crippen LogP contribution is -2.01. The van der Waals surface area contributed by atoms with Crippen molar-refractivity contribution < 1.29 is 4.74 Å². The SMILES string of the molecule is CC.CC.CCCCOc1ccc(C)cc1.CCNC. The van der Waals surface area contributed by atoms with Crippen molar-refractivity contribution in [2.75, 3.05) is 20.2 Å². The molecule has 1 aromatic carbocycles. The molecule has 2 heteroatoms. The van der Waals surface area contributed by atoms with Crippen LogP contribution in [0.5, 0.6) is 5.75 Å². The second kappa shape index (κ2) is 23.1. The topological polar surface area (TPSA) is 21.3 Å². The van der Waals surface area contributed by atoms with E-state index in [1.54, 1.807) is 0 Å². The largest absolute Gasteiger partial charge is 0.494 e. The van der Waals surface area contributed by atoms with Gasteiger partial charge in [-0.25, -0.2) is 0 Å². The van der Waals surface area contributed by atoms with Crippen molar-refractivity contribution in [2.24, 2.45) is 0 Å². The minimum absolute atomic E-state index is 0.833. The maximum atomic E-state index is 5.50. The summed E-state index contributed by atoms with van der Waals surface area (Å²) in [7, 11) is 1.93. The zero-order chi connectivity index (χ0) is 16.2. The van der Waals surface area contributed by atoms with Gasteiger partial charge in [0.1, 0.15) is 5.75 Å². The monoisotopic (exact) mass is 283 g/mol. The van der Waals surface area contributed by atoms with Crippen LogP contribution in [0.25, 0.3) is 0 Å². The van der Waals surface area contributed by atoms with Crippen molar-refractivity contribution >= 4 is 0 Å². The van der Waals surface area contributed by atoms with Gasteiger partial charge in [0.2, 0.25) is 0 Å².